The molecule has 0 saturated heterocycles. The summed E-state index contributed by atoms with van der Waals surface area (Å²) in [5.74, 6) is 1.58. The lowest BCUT2D eigenvalue weighted by molar-refractivity contribution is 0.224. The fraction of sp³-hybridized carbons (Fsp3) is 1.00. The highest BCUT2D eigenvalue weighted by Gasteiger charge is 2.14. The zero-order chi connectivity index (χ0) is 10.3. The fourth-order valence-electron chi connectivity index (χ4n) is 1.46. The first-order valence-corrected chi connectivity index (χ1v) is 6.56. The van der Waals surface area contributed by atoms with Gasteiger partial charge in [-0.05, 0) is 31.3 Å². The molecule has 0 saturated carbocycles. The summed E-state index contributed by atoms with van der Waals surface area (Å²) in [6.07, 6.45) is 1.26. The van der Waals surface area contributed by atoms with E-state index in [-0.39, 0.29) is 0 Å². The SMILES string of the molecule is CCCN(CC)CC(CBr)C(C)C. The standard InChI is InChI=1S/C11H24BrN/c1-5-7-13(6-2)9-11(8-12)10(3)4/h10-11H,5-9H2,1-4H3. The Kier molecular flexibility index (Phi) is 8.07. The Labute approximate surface area is 92.0 Å². The molecule has 0 rings (SSSR count). The van der Waals surface area contributed by atoms with Crippen LogP contribution in [0.15, 0.2) is 0 Å². The van der Waals surface area contributed by atoms with Crippen molar-refractivity contribution in [1.82, 2.24) is 4.90 Å². The summed E-state index contributed by atoms with van der Waals surface area (Å²) in [6.45, 7) is 12.8. The maximum atomic E-state index is 3.60. The van der Waals surface area contributed by atoms with Gasteiger partial charge in [0.2, 0.25) is 0 Å². The van der Waals surface area contributed by atoms with E-state index < -0.39 is 0 Å². The van der Waals surface area contributed by atoms with Gasteiger partial charge in [0.15, 0.2) is 0 Å². The molecule has 0 aromatic heterocycles. The first kappa shape index (κ1) is 13.4. The van der Waals surface area contributed by atoms with E-state index in [4.69, 9.17) is 0 Å². The molecule has 1 atom stereocenters. The molecule has 0 aromatic rings. The predicted molar refractivity (Wildman–Crippen MR) is 64.5 cm³/mol. The van der Waals surface area contributed by atoms with Crippen molar-refractivity contribution < 1.29 is 0 Å². The van der Waals surface area contributed by atoms with Gasteiger partial charge in [-0.25, -0.2) is 0 Å². The molecule has 0 aromatic carbocycles. The van der Waals surface area contributed by atoms with Crippen LogP contribution in [0.5, 0.6) is 0 Å². The molecule has 0 fully saturated rings. The van der Waals surface area contributed by atoms with E-state index in [0.29, 0.717) is 0 Å². The van der Waals surface area contributed by atoms with Crippen molar-refractivity contribution in [2.24, 2.45) is 11.8 Å². The van der Waals surface area contributed by atoms with Gasteiger partial charge in [-0.2, -0.15) is 0 Å². The third kappa shape index (κ3) is 5.69. The van der Waals surface area contributed by atoms with Crippen LogP contribution in [0.25, 0.3) is 0 Å². The zero-order valence-electron chi connectivity index (χ0n) is 9.52. The van der Waals surface area contributed by atoms with Crippen LogP contribution in [0.4, 0.5) is 0 Å². The summed E-state index contributed by atoms with van der Waals surface area (Å²) >= 11 is 3.60. The Morgan fingerprint density at radius 1 is 1.23 bits per heavy atom. The largest absolute Gasteiger partial charge is 0.303 e. The van der Waals surface area contributed by atoms with Gasteiger partial charge in [-0.3, -0.25) is 0 Å². The molecule has 0 aliphatic carbocycles. The Morgan fingerprint density at radius 3 is 2.15 bits per heavy atom. The van der Waals surface area contributed by atoms with Gasteiger partial charge in [0.25, 0.3) is 0 Å². The molecule has 0 N–H and O–H groups in total. The van der Waals surface area contributed by atoms with E-state index in [0.717, 1.165) is 17.2 Å². The lowest BCUT2D eigenvalue weighted by atomic mass is 9.97. The second-order valence-corrected chi connectivity index (χ2v) is 4.70. The molecule has 0 amide bonds. The minimum Gasteiger partial charge on any atom is -0.303 e. The van der Waals surface area contributed by atoms with Crippen LogP contribution in [0.1, 0.15) is 34.1 Å². The van der Waals surface area contributed by atoms with Gasteiger partial charge in [0, 0.05) is 11.9 Å². The monoisotopic (exact) mass is 249 g/mol. The Morgan fingerprint density at radius 2 is 1.85 bits per heavy atom. The highest BCUT2D eigenvalue weighted by Crippen LogP contribution is 2.15. The summed E-state index contributed by atoms with van der Waals surface area (Å²) in [7, 11) is 0. The molecule has 1 nitrogen and oxygen atoms in total. The second kappa shape index (κ2) is 7.81. The summed E-state index contributed by atoms with van der Waals surface area (Å²) in [4.78, 5) is 2.55. The Balaban J connectivity index is 3.87. The molecular formula is C11H24BrN. The molecule has 13 heavy (non-hydrogen) atoms. The van der Waals surface area contributed by atoms with E-state index in [2.05, 4.69) is 48.5 Å². The molecule has 2 heteroatoms. The van der Waals surface area contributed by atoms with E-state index in [9.17, 15) is 0 Å². The van der Waals surface area contributed by atoms with Crippen LogP contribution in [-0.4, -0.2) is 29.9 Å². The van der Waals surface area contributed by atoms with Crippen LogP contribution in [-0.2, 0) is 0 Å². The second-order valence-electron chi connectivity index (χ2n) is 4.05. The van der Waals surface area contributed by atoms with Crippen LogP contribution in [0, 0.1) is 11.8 Å². The number of rotatable bonds is 7. The minimum absolute atomic E-state index is 0.783. The lowest BCUT2D eigenvalue weighted by Crippen LogP contribution is -2.33. The van der Waals surface area contributed by atoms with E-state index >= 15 is 0 Å². The van der Waals surface area contributed by atoms with Crippen molar-refractivity contribution in [3.63, 3.8) is 0 Å². The average molecular weight is 250 g/mol. The van der Waals surface area contributed by atoms with Crippen LogP contribution < -0.4 is 0 Å². The quantitative estimate of drug-likeness (QED) is 0.626. The molecule has 1 unspecified atom stereocenters. The number of halogens is 1. The Bertz CT molecular complexity index is 115. The number of hydrogen-bond donors (Lipinski definition) is 0. The van der Waals surface area contributed by atoms with Crippen molar-refractivity contribution in [2.45, 2.75) is 34.1 Å². The smallest absolute Gasteiger partial charge is 0.00743 e. The first-order chi connectivity index (χ1) is 6.15. The molecular weight excluding hydrogens is 226 g/mol. The number of hydrogen-bond acceptors (Lipinski definition) is 1. The van der Waals surface area contributed by atoms with E-state index in [1.807, 2.05) is 0 Å². The highest BCUT2D eigenvalue weighted by molar-refractivity contribution is 9.09. The maximum absolute atomic E-state index is 3.60. The lowest BCUT2D eigenvalue weighted by Gasteiger charge is -2.27. The predicted octanol–water partition coefficient (Wildman–Crippen LogP) is 3.39. The molecule has 0 aliphatic rings. The molecule has 0 bridgehead atoms. The summed E-state index contributed by atoms with van der Waals surface area (Å²) < 4.78 is 0. The highest BCUT2D eigenvalue weighted by atomic mass is 79.9. The van der Waals surface area contributed by atoms with Crippen molar-refractivity contribution in [3.8, 4) is 0 Å². The fourth-order valence-corrected chi connectivity index (χ4v) is 2.42. The molecule has 0 spiro atoms. The van der Waals surface area contributed by atoms with Crippen molar-refractivity contribution in [2.75, 3.05) is 25.0 Å². The van der Waals surface area contributed by atoms with Crippen LogP contribution in [0.2, 0.25) is 0 Å². The van der Waals surface area contributed by atoms with Crippen molar-refractivity contribution in [1.29, 1.82) is 0 Å². The zero-order valence-corrected chi connectivity index (χ0v) is 11.1. The summed E-state index contributed by atoms with van der Waals surface area (Å²) in [5, 5.41) is 1.13. The third-order valence-corrected chi connectivity index (χ3v) is 3.45. The first-order valence-electron chi connectivity index (χ1n) is 5.43. The van der Waals surface area contributed by atoms with Crippen molar-refractivity contribution >= 4 is 15.9 Å². The average Bonchev–Trinajstić information content (AvgIpc) is 2.11. The molecule has 0 radical (unpaired) electrons. The Hall–Kier alpha value is 0.440. The topological polar surface area (TPSA) is 3.24 Å². The van der Waals surface area contributed by atoms with E-state index in [1.54, 1.807) is 0 Å². The summed E-state index contributed by atoms with van der Waals surface area (Å²) in [6, 6.07) is 0. The third-order valence-electron chi connectivity index (χ3n) is 2.62. The van der Waals surface area contributed by atoms with Gasteiger partial charge >= 0.3 is 0 Å². The molecule has 0 heterocycles. The van der Waals surface area contributed by atoms with Gasteiger partial charge < -0.3 is 4.90 Å². The normalized spacial score (nSPS) is 14.1. The van der Waals surface area contributed by atoms with Crippen LogP contribution in [0.3, 0.4) is 0 Å². The van der Waals surface area contributed by atoms with Gasteiger partial charge in [0.1, 0.15) is 0 Å². The number of nitrogens with zero attached hydrogens (tertiary/aromatic N) is 1. The van der Waals surface area contributed by atoms with Gasteiger partial charge in [-0.15, -0.1) is 0 Å². The van der Waals surface area contributed by atoms with Crippen molar-refractivity contribution in [3.05, 3.63) is 0 Å². The van der Waals surface area contributed by atoms with E-state index in [1.165, 1.54) is 26.1 Å². The number of alkyl halides is 1. The van der Waals surface area contributed by atoms with Gasteiger partial charge in [-0.1, -0.05) is 43.6 Å². The molecule has 80 valence electrons. The maximum Gasteiger partial charge on any atom is 0.00743 e. The van der Waals surface area contributed by atoms with Crippen LogP contribution >= 0.6 is 15.9 Å². The minimum atomic E-state index is 0.783. The van der Waals surface area contributed by atoms with Gasteiger partial charge in [0.05, 0.1) is 0 Å². The summed E-state index contributed by atoms with van der Waals surface area (Å²) in [5.41, 5.74) is 0. The molecule has 0 aliphatic heterocycles.